The summed E-state index contributed by atoms with van der Waals surface area (Å²) >= 11 is 0. The highest BCUT2D eigenvalue weighted by Crippen LogP contribution is 2.36. The van der Waals surface area contributed by atoms with Crippen molar-refractivity contribution in [1.29, 1.82) is 0 Å². The van der Waals surface area contributed by atoms with E-state index < -0.39 is 43.1 Å². The molecule has 2 aromatic carbocycles. The number of hydrogen-bond donors (Lipinski definition) is 4. The summed E-state index contributed by atoms with van der Waals surface area (Å²) in [4.78, 5) is 0. The van der Waals surface area contributed by atoms with Crippen LogP contribution in [-0.2, 0) is 11.2 Å². The Morgan fingerprint density at radius 2 is 1.76 bits per heavy atom. The van der Waals surface area contributed by atoms with E-state index in [0.717, 1.165) is 5.56 Å². The molecule has 4 rings (SSSR count). The first-order chi connectivity index (χ1) is 16.3. The van der Waals surface area contributed by atoms with E-state index in [2.05, 4.69) is 5.10 Å². The first kappa shape index (κ1) is 24.3. The molecule has 182 valence electrons. The van der Waals surface area contributed by atoms with Crippen LogP contribution in [0.15, 0.2) is 54.6 Å². The molecule has 1 aliphatic heterocycles. The van der Waals surface area contributed by atoms with Crippen molar-refractivity contribution in [3.05, 3.63) is 71.5 Å². The zero-order valence-electron chi connectivity index (χ0n) is 19.0. The molecule has 34 heavy (non-hydrogen) atoms. The van der Waals surface area contributed by atoms with Crippen LogP contribution in [0.2, 0.25) is 0 Å². The molecular formula is C25H29FN2O6. The van der Waals surface area contributed by atoms with Crippen molar-refractivity contribution in [2.75, 3.05) is 6.61 Å². The maximum Gasteiger partial charge on any atom is 0.239 e. The van der Waals surface area contributed by atoms with E-state index in [1.54, 1.807) is 16.8 Å². The second kappa shape index (κ2) is 10.2. The predicted molar refractivity (Wildman–Crippen MR) is 122 cm³/mol. The SMILES string of the molecule is CC(C)n1nc(O[C@@H]2O[C@H](CO)[C@@H](O)[C@H](O)[C@H]2O)c(Cc2ccccc2)c1-c1cccc(F)c1. The number of hydrogen-bond acceptors (Lipinski definition) is 7. The molecule has 0 saturated carbocycles. The van der Waals surface area contributed by atoms with Crippen LogP contribution in [-0.4, -0.2) is 67.5 Å². The monoisotopic (exact) mass is 472 g/mol. The van der Waals surface area contributed by atoms with Crippen molar-refractivity contribution in [3.63, 3.8) is 0 Å². The third kappa shape index (κ3) is 4.84. The summed E-state index contributed by atoms with van der Waals surface area (Å²) in [5, 5.41) is 44.8. The Morgan fingerprint density at radius 1 is 1.03 bits per heavy atom. The predicted octanol–water partition coefficient (Wildman–Crippen LogP) is 2.04. The molecule has 3 aromatic rings. The quantitative estimate of drug-likeness (QED) is 0.416. The third-order valence-corrected chi connectivity index (χ3v) is 5.86. The van der Waals surface area contributed by atoms with Gasteiger partial charge in [-0.3, -0.25) is 4.68 Å². The Kier molecular flexibility index (Phi) is 7.30. The number of rotatable bonds is 7. The normalized spacial score (nSPS) is 25.0. The number of aliphatic hydroxyl groups excluding tert-OH is 4. The molecule has 5 atom stereocenters. The van der Waals surface area contributed by atoms with Crippen LogP contribution in [0, 0.1) is 5.82 Å². The van der Waals surface area contributed by atoms with Gasteiger partial charge in [0, 0.05) is 23.6 Å². The average Bonchev–Trinajstić information content (AvgIpc) is 3.18. The molecular weight excluding hydrogens is 443 g/mol. The number of ether oxygens (including phenoxy) is 2. The van der Waals surface area contributed by atoms with E-state index >= 15 is 0 Å². The summed E-state index contributed by atoms with van der Waals surface area (Å²) in [6, 6.07) is 15.7. The fraction of sp³-hybridized carbons (Fsp3) is 0.400. The molecule has 0 bridgehead atoms. The smallest absolute Gasteiger partial charge is 0.239 e. The van der Waals surface area contributed by atoms with Gasteiger partial charge in [-0.25, -0.2) is 4.39 Å². The summed E-state index contributed by atoms with van der Waals surface area (Å²) in [6.07, 6.45) is -6.77. The lowest BCUT2D eigenvalue weighted by atomic mass is 9.99. The average molecular weight is 473 g/mol. The zero-order chi connectivity index (χ0) is 24.4. The molecule has 9 heteroatoms. The Balaban J connectivity index is 1.81. The maximum atomic E-state index is 14.1. The van der Waals surface area contributed by atoms with E-state index in [1.165, 1.54) is 12.1 Å². The number of aromatic nitrogens is 2. The summed E-state index contributed by atoms with van der Waals surface area (Å²) in [5.74, 6) is -0.253. The van der Waals surface area contributed by atoms with Crippen molar-refractivity contribution in [3.8, 4) is 17.1 Å². The summed E-state index contributed by atoms with van der Waals surface area (Å²) in [5.41, 5.74) is 2.86. The number of nitrogens with zero attached hydrogens (tertiary/aromatic N) is 2. The van der Waals surface area contributed by atoms with Gasteiger partial charge in [-0.1, -0.05) is 42.5 Å². The van der Waals surface area contributed by atoms with Crippen molar-refractivity contribution < 1.29 is 34.3 Å². The van der Waals surface area contributed by atoms with Gasteiger partial charge in [-0.05, 0) is 31.5 Å². The van der Waals surface area contributed by atoms with Crippen LogP contribution < -0.4 is 4.74 Å². The fourth-order valence-corrected chi connectivity index (χ4v) is 4.09. The Labute approximate surface area is 196 Å². The van der Waals surface area contributed by atoms with Crippen molar-refractivity contribution >= 4 is 0 Å². The van der Waals surface area contributed by atoms with E-state index in [0.29, 0.717) is 23.2 Å². The highest BCUT2D eigenvalue weighted by Gasteiger charge is 2.45. The Hall–Kier alpha value is -2.82. The van der Waals surface area contributed by atoms with Crippen LogP contribution in [0.5, 0.6) is 5.88 Å². The van der Waals surface area contributed by atoms with Gasteiger partial charge in [-0.15, -0.1) is 5.10 Å². The number of aliphatic hydroxyl groups is 4. The van der Waals surface area contributed by atoms with Crippen LogP contribution in [0.25, 0.3) is 11.3 Å². The molecule has 1 aliphatic rings. The molecule has 0 unspecified atom stereocenters. The number of halogens is 1. The molecule has 8 nitrogen and oxygen atoms in total. The lowest BCUT2D eigenvalue weighted by molar-refractivity contribution is -0.278. The minimum Gasteiger partial charge on any atom is -0.443 e. The molecule has 0 spiro atoms. The second-order valence-corrected chi connectivity index (χ2v) is 8.66. The summed E-state index contributed by atoms with van der Waals surface area (Å²) in [6.45, 7) is 3.29. The minimum absolute atomic E-state index is 0.111. The lowest BCUT2D eigenvalue weighted by Gasteiger charge is -2.39. The van der Waals surface area contributed by atoms with Crippen LogP contribution in [0.1, 0.15) is 31.0 Å². The zero-order valence-corrected chi connectivity index (χ0v) is 19.0. The molecule has 0 amide bonds. The molecule has 0 aliphatic carbocycles. The molecule has 1 fully saturated rings. The van der Waals surface area contributed by atoms with Crippen LogP contribution in [0.4, 0.5) is 4.39 Å². The van der Waals surface area contributed by atoms with Gasteiger partial charge in [0.05, 0.1) is 12.3 Å². The summed E-state index contributed by atoms with van der Waals surface area (Å²) < 4.78 is 27.4. The van der Waals surface area contributed by atoms with E-state index in [-0.39, 0.29) is 11.9 Å². The summed E-state index contributed by atoms with van der Waals surface area (Å²) in [7, 11) is 0. The number of benzene rings is 2. The van der Waals surface area contributed by atoms with E-state index in [9.17, 15) is 24.8 Å². The molecule has 0 radical (unpaired) electrons. The van der Waals surface area contributed by atoms with Gasteiger partial charge >= 0.3 is 0 Å². The Bertz CT molecular complexity index is 1100. The molecule has 1 aromatic heterocycles. The van der Waals surface area contributed by atoms with Gasteiger partial charge < -0.3 is 29.9 Å². The standard InChI is InChI=1S/C25H29FN2O6/c1-14(2)28-20(16-9-6-10-17(26)12-16)18(11-15-7-4-3-5-8-15)24(27-28)34-25-23(32)22(31)21(30)19(13-29)33-25/h3-10,12,14,19,21-23,25,29-32H,11,13H2,1-2H3/t19-,21-,22+,23-,25+/m1/s1. The largest absolute Gasteiger partial charge is 0.443 e. The lowest BCUT2D eigenvalue weighted by Crippen LogP contribution is -2.60. The van der Waals surface area contributed by atoms with Gasteiger partial charge in [0.15, 0.2) is 0 Å². The van der Waals surface area contributed by atoms with E-state index in [1.807, 2.05) is 44.2 Å². The highest BCUT2D eigenvalue weighted by atomic mass is 19.1. The third-order valence-electron chi connectivity index (χ3n) is 5.86. The van der Waals surface area contributed by atoms with Crippen molar-refractivity contribution in [1.82, 2.24) is 9.78 Å². The second-order valence-electron chi connectivity index (χ2n) is 8.66. The topological polar surface area (TPSA) is 117 Å². The van der Waals surface area contributed by atoms with Crippen molar-refractivity contribution in [2.24, 2.45) is 0 Å². The Morgan fingerprint density at radius 3 is 2.41 bits per heavy atom. The van der Waals surface area contributed by atoms with Crippen LogP contribution in [0.3, 0.4) is 0 Å². The van der Waals surface area contributed by atoms with Gasteiger partial charge in [-0.2, -0.15) is 0 Å². The molecule has 2 heterocycles. The molecule has 1 saturated heterocycles. The van der Waals surface area contributed by atoms with Gasteiger partial charge in [0.1, 0.15) is 30.2 Å². The highest BCUT2D eigenvalue weighted by molar-refractivity contribution is 5.67. The van der Waals surface area contributed by atoms with Crippen molar-refractivity contribution in [2.45, 2.75) is 57.0 Å². The van der Waals surface area contributed by atoms with E-state index in [4.69, 9.17) is 9.47 Å². The fourth-order valence-electron chi connectivity index (χ4n) is 4.09. The molecule has 4 N–H and O–H groups in total. The first-order valence-corrected chi connectivity index (χ1v) is 11.2. The minimum atomic E-state index is -1.58. The van der Waals surface area contributed by atoms with Gasteiger partial charge in [0.25, 0.3) is 0 Å². The van der Waals surface area contributed by atoms with Crippen LogP contribution >= 0.6 is 0 Å². The maximum absolute atomic E-state index is 14.1. The van der Waals surface area contributed by atoms with Gasteiger partial charge in [0.2, 0.25) is 12.2 Å². The first-order valence-electron chi connectivity index (χ1n) is 11.2.